The number of benzene rings is 1. The molecule has 2 heterocycles. The number of hydrogen-bond donors (Lipinski definition) is 0. The first-order valence-corrected chi connectivity index (χ1v) is 8.76. The van der Waals surface area contributed by atoms with E-state index in [-0.39, 0.29) is 11.0 Å². The largest absolute Gasteiger partial charge is 0.497 e. The molecule has 0 unspecified atom stereocenters. The summed E-state index contributed by atoms with van der Waals surface area (Å²) < 4.78 is 40.7. The lowest BCUT2D eigenvalue weighted by Crippen LogP contribution is -2.41. The average Bonchev–Trinajstić information content (AvgIpc) is 2.77. The lowest BCUT2D eigenvalue weighted by Gasteiger charge is -2.32. The van der Waals surface area contributed by atoms with Crippen LogP contribution in [0.2, 0.25) is 0 Å². The van der Waals surface area contributed by atoms with Crippen molar-refractivity contribution in [1.29, 1.82) is 0 Å². The van der Waals surface area contributed by atoms with Crippen molar-refractivity contribution in [3.63, 3.8) is 0 Å². The summed E-state index contributed by atoms with van der Waals surface area (Å²) in [5, 5.41) is 0. The van der Waals surface area contributed by atoms with Crippen LogP contribution in [0.5, 0.6) is 0 Å². The van der Waals surface area contributed by atoms with Gasteiger partial charge in [0.25, 0.3) is 5.91 Å². The minimum absolute atomic E-state index is 0.0219. The van der Waals surface area contributed by atoms with Crippen molar-refractivity contribution in [3.8, 4) is 0 Å². The van der Waals surface area contributed by atoms with Crippen LogP contribution in [-0.2, 0) is 9.31 Å². The molecule has 2 fully saturated rings. The molecule has 2 aliphatic heterocycles. The molecule has 0 saturated carbocycles. The van der Waals surface area contributed by atoms with Gasteiger partial charge in [-0.15, -0.1) is 0 Å². The molecular weight excluding hydrogens is 327 g/mol. The summed E-state index contributed by atoms with van der Waals surface area (Å²) in [5.74, 6) is -1.90. The number of piperidine rings is 1. The van der Waals surface area contributed by atoms with Crippen molar-refractivity contribution in [3.05, 3.63) is 29.3 Å². The number of nitrogens with zero attached hydrogens (tertiary/aromatic N) is 1. The molecule has 0 spiro atoms. The van der Waals surface area contributed by atoms with Gasteiger partial charge in [-0.3, -0.25) is 4.79 Å². The van der Waals surface area contributed by atoms with Crippen LogP contribution in [0.15, 0.2) is 12.1 Å². The highest BCUT2D eigenvalue weighted by Crippen LogP contribution is 2.36. The van der Waals surface area contributed by atoms with Crippen molar-refractivity contribution >= 4 is 18.5 Å². The zero-order valence-electron chi connectivity index (χ0n) is 15.2. The van der Waals surface area contributed by atoms with Gasteiger partial charge < -0.3 is 14.2 Å². The number of hydrogen-bond acceptors (Lipinski definition) is 3. The molecule has 1 aromatic rings. The van der Waals surface area contributed by atoms with Crippen molar-refractivity contribution in [2.45, 2.75) is 58.2 Å². The van der Waals surface area contributed by atoms with Crippen LogP contribution in [-0.4, -0.2) is 42.2 Å². The van der Waals surface area contributed by atoms with E-state index in [1.165, 1.54) is 0 Å². The Hall–Kier alpha value is -1.47. The monoisotopic (exact) mass is 351 g/mol. The molecule has 0 N–H and O–H groups in total. The molecule has 2 saturated heterocycles. The number of carbonyl (C=O) groups is 1. The summed E-state index contributed by atoms with van der Waals surface area (Å²) >= 11 is 0. The second kappa shape index (κ2) is 6.36. The van der Waals surface area contributed by atoms with Gasteiger partial charge in [0.1, 0.15) is 11.6 Å². The van der Waals surface area contributed by atoms with Gasteiger partial charge >= 0.3 is 7.12 Å². The van der Waals surface area contributed by atoms with Crippen molar-refractivity contribution in [2.24, 2.45) is 0 Å². The second-order valence-corrected chi connectivity index (χ2v) is 7.79. The van der Waals surface area contributed by atoms with Gasteiger partial charge in [0.05, 0.1) is 16.8 Å². The molecule has 7 heteroatoms. The zero-order valence-corrected chi connectivity index (χ0v) is 15.2. The molecule has 0 bridgehead atoms. The average molecular weight is 351 g/mol. The van der Waals surface area contributed by atoms with Crippen LogP contribution in [0.1, 0.15) is 57.3 Å². The maximum absolute atomic E-state index is 14.6. The number of rotatable bonds is 2. The predicted octanol–water partition coefficient (Wildman–Crippen LogP) is 2.89. The first-order valence-electron chi connectivity index (χ1n) is 8.76. The van der Waals surface area contributed by atoms with E-state index in [0.717, 1.165) is 31.4 Å². The lowest BCUT2D eigenvalue weighted by molar-refractivity contribution is 0.00578. The van der Waals surface area contributed by atoms with Crippen LogP contribution < -0.4 is 5.46 Å². The highest BCUT2D eigenvalue weighted by Gasteiger charge is 2.52. The Morgan fingerprint density at radius 2 is 1.56 bits per heavy atom. The predicted molar refractivity (Wildman–Crippen MR) is 91.8 cm³/mol. The van der Waals surface area contributed by atoms with Gasteiger partial charge in [-0.25, -0.2) is 8.78 Å². The Labute approximate surface area is 147 Å². The normalized spacial score (nSPS) is 22.3. The van der Waals surface area contributed by atoms with E-state index in [9.17, 15) is 13.6 Å². The van der Waals surface area contributed by atoms with E-state index in [0.29, 0.717) is 13.1 Å². The quantitative estimate of drug-likeness (QED) is 0.770. The van der Waals surface area contributed by atoms with Crippen LogP contribution in [0, 0.1) is 11.6 Å². The molecule has 2 aliphatic rings. The Balaban J connectivity index is 1.87. The third-order valence-electron chi connectivity index (χ3n) is 5.47. The van der Waals surface area contributed by atoms with Crippen LogP contribution >= 0.6 is 0 Å². The molecule has 1 amide bonds. The topological polar surface area (TPSA) is 38.8 Å². The third-order valence-corrected chi connectivity index (χ3v) is 5.47. The van der Waals surface area contributed by atoms with Crippen LogP contribution in [0.3, 0.4) is 0 Å². The molecule has 0 atom stereocenters. The van der Waals surface area contributed by atoms with Crippen LogP contribution in [0.25, 0.3) is 0 Å². The van der Waals surface area contributed by atoms with Crippen molar-refractivity contribution < 1.29 is 22.9 Å². The minimum Gasteiger partial charge on any atom is -0.399 e. The van der Waals surface area contributed by atoms with E-state index >= 15 is 0 Å². The van der Waals surface area contributed by atoms with Crippen molar-refractivity contribution in [2.75, 3.05) is 13.1 Å². The molecule has 0 aliphatic carbocycles. The van der Waals surface area contributed by atoms with Gasteiger partial charge in [-0.05, 0) is 59.1 Å². The minimum atomic E-state index is -1.00. The number of halogens is 2. The second-order valence-electron chi connectivity index (χ2n) is 7.79. The maximum atomic E-state index is 14.6. The fraction of sp³-hybridized carbons (Fsp3) is 0.611. The SMILES string of the molecule is CC1(C)OB(c2cc(F)c(C(=O)N3CCCCC3)cc2F)OC1(C)C. The lowest BCUT2D eigenvalue weighted by atomic mass is 9.78. The van der Waals surface area contributed by atoms with Gasteiger partial charge in [0.15, 0.2) is 0 Å². The standard InChI is InChI=1S/C18H24BF2NO3/c1-17(2)18(3,4)25-19(24-17)13-11-14(20)12(10-15(13)21)16(23)22-8-6-5-7-9-22/h10-11H,5-9H2,1-4H3. The first kappa shape index (κ1) is 18.3. The number of amides is 1. The van der Waals surface area contributed by atoms with Gasteiger partial charge in [-0.2, -0.15) is 0 Å². The van der Waals surface area contributed by atoms with Gasteiger partial charge in [0.2, 0.25) is 0 Å². The van der Waals surface area contributed by atoms with Gasteiger partial charge in [-0.1, -0.05) is 0 Å². The summed E-state index contributed by atoms with van der Waals surface area (Å²) in [6.07, 6.45) is 2.84. The molecular formula is C18H24BF2NO3. The van der Waals surface area contributed by atoms with E-state index in [1.54, 1.807) is 4.90 Å². The summed E-state index contributed by atoms with van der Waals surface area (Å²) in [7, 11) is -1.00. The molecule has 0 aromatic heterocycles. The van der Waals surface area contributed by atoms with E-state index in [1.807, 2.05) is 27.7 Å². The Kier molecular flexibility index (Phi) is 4.66. The highest BCUT2D eigenvalue weighted by atomic mass is 19.1. The summed E-state index contributed by atoms with van der Waals surface area (Å²) in [4.78, 5) is 14.0. The van der Waals surface area contributed by atoms with E-state index in [2.05, 4.69) is 0 Å². The fourth-order valence-electron chi connectivity index (χ4n) is 3.14. The molecule has 1 aromatic carbocycles. The fourth-order valence-corrected chi connectivity index (χ4v) is 3.14. The highest BCUT2D eigenvalue weighted by molar-refractivity contribution is 6.62. The zero-order chi connectivity index (χ0) is 18.4. The van der Waals surface area contributed by atoms with Crippen LogP contribution in [0.4, 0.5) is 8.78 Å². The molecule has 136 valence electrons. The molecule has 4 nitrogen and oxygen atoms in total. The smallest absolute Gasteiger partial charge is 0.399 e. The molecule has 25 heavy (non-hydrogen) atoms. The Morgan fingerprint density at radius 3 is 2.12 bits per heavy atom. The maximum Gasteiger partial charge on any atom is 0.497 e. The molecule has 3 rings (SSSR count). The summed E-state index contributed by atoms with van der Waals surface area (Å²) in [6.45, 7) is 8.54. The third kappa shape index (κ3) is 3.32. The first-order chi connectivity index (χ1) is 11.6. The number of likely N-dealkylation sites (tertiary alicyclic amines) is 1. The van der Waals surface area contributed by atoms with Gasteiger partial charge in [0, 0.05) is 18.6 Å². The summed E-state index contributed by atoms with van der Waals surface area (Å²) in [6, 6.07) is 1.99. The summed E-state index contributed by atoms with van der Waals surface area (Å²) in [5.41, 5.74) is -1.56. The Bertz CT molecular complexity index is 671. The van der Waals surface area contributed by atoms with E-state index in [4.69, 9.17) is 9.31 Å². The molecule has 0 radical (unpaired) electrons. The Morgan fingerprint density at radius 1 is 1.00 bits per heavy atom. The number of carbonyl (C=O) groups excluding carboxylic acids is 1. The van der Waals surface area contributed by atoms with E-state index < -0.39 is 35.9 Å². The van der Waals surface area contributed by atoms with Crippen molar-refractivity contribution in [1.82, 2.24) is 4.90 Å².